The molecule has 42 heavy (non-hydrogen) atoms. The Bertz CT molecular complexity index is 1530. The average molecular weight is 810 g/mol. The van der Waals surface area contributed by atoms with Crippen molar-refractivity contribution in [3.8, 4) is 11.5 Å². The smallest absolute Gasteiger partial charge is 0.338 e. The lowest BCUT2D eigenvalue weighted by Gasteiger charge is -2.30. The van der Waals surface area contributed by atoms with Gasteiger partial charge in [-0.05, 0) is 119 Å². The Labute approximate surface area is 276 Å². The third-order valence-electron chi connectivity index (χ3n) is 6.02. The Morgan fingerprint density at radius 1 is 1.05 bits per heavy atom. The van der Waals surface area contributed by atoms with Crippen LogP contribution in [0.1, 0.15) is 36.6 Å². The van der Waals surface area contributed by atoms with Gasteiger partial charge in [0, 0.05) is 14.8 Å². The molecule has 3 aromatic carbocycles. The van der Waals surface area contributed by atoms with Crippen molar-refractivity contribution < 1.29 is 23.8 Å². The van der Waals surface area contributed by atoms with Crippen LogP contribution in [0, 0.1) is 7.14 Å². The molecule has 0 saturated heterocycles. The van der Waals surface area contributed by atoms with Gasteiger partial charge in [-0.15, -0.1) is 0 Å². The number of amides is 1. The molecule has 1 atom stereocenters. The highest BCUT2D eigenvalue weighted by atomic mass is 127. The van der Waals surface area contributed by atoms with Crippen molar-refractivity contribution in [1.82, 2.24) is 16.1 Å². The van der Waals surface area contributed by atoms with Crippen molar-refractivity contribution in [1.29, 1.82) is 0 Å². The summed E-state index contributed by atoms with van der Waals surface area (Å²) in [5, 5.41) is 10.5. The predicted octanol–water partition coefficient (Wildman–Crippen LogP) is 5.36. The zero-order chi connectivity index (χ0) is 30.1. The van der Waals surface area contributed by atoms with E-state index >= 15 is 0 Å². The molecule has 0 bridgehead atoms. The van der Waals surface area contributed by atoms with E-state index in [9.17, 15) is 9.59 Å². The fourth-order valence-electron chi connectivity index (χ4n) is 4.07. The third-order valence-corrected chi connectivity index (χ3v) is 7.80. The quantitative estimate of drug-likeness (QED) is 0.0782. The van der Waals surface area contributed by atoms with Gasteiger partial charge in [-0.25, -0.2) is 10.2 Å². The highest BCUT2D eigenvalue weighted by molar-refractivity contribution is 14.1. The van der Waals surface area contributed by atoms with Gasteiger partial charge in [0.25, 0.3) is 5.91 Å². The summed E-state index contributed by atoms with van der Waals surface area (Å²) in [5.74, 6) is 0.273. The number of esters is 1. The standard InChI is InChI=1S/C30H28I2N4O5S/c1-3-39-29(38)27-18(2)34-30(42)35-28(27)22-6-4-5-7-24(22)41-17-26(37)36-33-15-20-10-13-25(23(32)14-20)40-16-19-8-11-21(31)12-9-19/h4-15,28H,3,16-17H2,1-2H3,(H,36,37)(H2,34,35,42)/t28-/m0/s1. The summed E-state index contributed by atoms with van der Waals surface area (Å²) in [6.45, 7) is 3.92. The van der Waals surface area contributed by atoms with Crippen molar-refractivity contribution in [3.63, 3.8) is 0 Å². The second kappa shape index (κ2) is 15.3. The molecule has 0 radical (unpaired) electrons. The number of ether oxygens (including phenoxy) is 3. The van der Waals surface area contributed by atoms with E-state index in [1.165, 1.54) is 3.57 Å². The molecule has 12 heteroatoms. The van der Waals surface area contributed by atoms with E-state index in [0.717, 1.165) is 20.4 Å². The van der Waals surface area contributed by atoms with Crippen molar-refractivity contribution in [3.05, 3.63) is 102 Å². The molecule has 4 rings (SSSR count). The van der Waals surface area contributed by atoms with E-state index in [1.807, 2.05) is 48.5 Å². The van der Waals surface area contributed by atoms with E-state index in [1.54, 1.807) is 38.3 Å². The van der Waals surface area contributed by atoms with Crippen molar-refractivity contribution >= 4 is 80.6 Å². The SMILES string of the molecule is CCOC(=O)C1=C(C)NC(=S)N[C@H]1c1ccccc1OCC(=O)NN=Cc1ccc(OCc2ccc(I)cc2)c(I)c1. The van der Waals surface area contributed by atoms with Crippen LogP contribution in [-0.4, -0.2) is 36.4 Å². The Kier molecular flexibility index (Phi) is 11.5. The number of rotatable bonds is 11. The molecule has 0 spiro atoms. The normalized spacial score (nSPS) is 14.7. The minimum absolute atomic E-state index is 0.233. The number of nitrogens with one attached hydrogen (secondary N) is 3. The minimum Gasteiger partial charge on any atom is -0.488 e. The summed E-state index contributed by atoms with van der Waals surface area (Å²) >= 11 is 9.80. The van der Waals surface area contributed by atoms with Crippen LogP contribution in [0.25, 0.3) is 0 Å². The average Bonchev–Trinajstić information content (AvgIpc) is 2.96. The van der Waals surface area contributed by atoms with Gasteiger partial charge in [-0.3, -0.25) is 4.79 Å². The van der Waals surface area contributed by atoms with Crippen LogP contribution < -0.4 is 25.5 Å². The number of allylic oxidation sites excluding steroid dienone is 1. The largest absolute Gasteiger partial charge is 0.488 e. The van der Waals surface area contributed by atoms with Gasteiger partial charge in [-0.1, -0.05) is 30.3 Å². The minimum atomic E-state index is -0.610. The van der Waals surface area contributed by atoms with Crippen molar-refractivity contribution in [2.45, 2.75) is 26.5 Å². The third kappa shape index (κ3) is 8.64. The number of carbonyl (C=O) groups excluding carboxylic acids is 2. The number of halogens is 2. The van der Waals surface area contributed by atoms with E-state index in [4.69, 9.17) is 26.4 Å². The number of hydrogen-bond acceptors (Lipinski definition) is 7. The van der Waals surface area contributed by atoms with Gasteiger partial charge in [0.1, 0.15) is 18.1 Å². The molecule has 0 aromatic heterocycles. The van der Waals surface area contributed by atoms with Gasteiger partial charge >= 0.3 is 5.97 Å². The summed E-state index contributed by atoms with van der Waals surface area (Å²) in [7, 11) is 0. The highest BCUT2D eigenvalue weighted by Crippen LogP contribution is 2.33. The van der Waals surface area contributed by atoms with Crippen molar-refractivity contribution in [2.24, 2.45) is 5.10 Å². The maximum absolute atomic E-state index is 12.7. The second-order valence-electron chi connectivity index (χ2n) is 9.02. The van der Waals surface area contributed by atoms with Crippen molar-refractivity contribution in [2.75, 3.05) is 13.2 Å². The molecule has 3 N–H and O–H groups in total. The molecule has 1 aliphatic heterocycles. The van der Waals surface area contributed by atoms with Gasteiger partial charge in [0.05, 0.1) is 28.0 Å². The molecular formula is C30H28I2N4O5S. The molecule has 1 heterocycles. The number of hydrogen-bond donors (Lipinski definition) is 3. The van der Waals surface area contributed by atoms with E-state index in [2.05, 4.69) is 66.3 Å². The van der Waals surface area contributed by atoms with Crippen LogP contribution in [0.3, 0.4) is 0 Å². The summed E-state index contributed by atoms with van der Waals surface area (Å²) in [6.07, 6.45) is 1.55. The summed E-state index contributed by atoms with van der Waals surface area (Å²) < 4.78 is 19.1. The van der Waals surface area contributed by atoms with Crippen LogP contribution in [0.4, 0.5) is 0 Å². The van der Waals surface area contributed by atoms with Gasteiger partial charge in [0.15, 0.2) is 11.7 Å². The lowest BCUT2D eigenvalue weighted by molar-refractivity contribution is -0.139. The lowest BCUT2D eigenvalue weighted by Crippen LogP contribution is -2.45. The molecule has 3 aromatic rings. The highest BCUT2D eigenvalue weighted by Gasteiger charge is 2.32. The second-order valence-corrected chi connectivity index (χ2v) is 11.8. The van der Waals surface area contributed by atoms with Gasteiger partial charge < -0.3 is 24.8 Å². The summed E-state index contributed by atoms with van der Waals surface area (Å²) in [4.78, 5) is 25.2. The fraction of sp³-hybridized carbons (Fsp3) is 0.200. The van der Waals surface area contributed by atoms with E-state index in [-0.39, 0.29) is 13.2 Å². The Morgan fingerprint density at radius 2 is 1.81 bits per heavy atom. The maximum atomic E-state index is 12.7. The topological polar surface area (TPSA) is 110 Å². The van der Waals surface area contributed by atoms with Crippen LogP contribution in [0.15, 0.2) is 83.1 Å². The zero-order valence-corrected chi connectivity index (χ0v) is 27.9. The maximum Gasteiger partial charge on any atom is 0.338 e. The molecule has 0 fully saturated rings. The lowest BCUT2D eigenvalue weighted by atomic mass is 9.95. The summed E-state index contributed by atoms with van der Waals surface area (Å²) in [5.41, 5.74) is 5.98. The van der Waals surface area contributed by atoms with E-state index in [0.29, 0.717) is 34.3 Å². The first-order valence-corrected chi connectivity index (χ1v) is 15.5. The molecule has 218 valence electrons. The fourth-order valence-corrected chi connectivity index (χ4v) is 5.39. The number of thiocarbonyl (C=S) groups is 1. The number of nitrogens with zero attached hydrogens (tertiary/aromatic N) is 1. The number of para-hydroxylation sites is 1. The van der Waals surface area contributed by atoms with Gasteiger partial charge in [-0.2, -0.15) is 5.10 Å². The monoisotopic (exact) mass is 810 g/mol. The van der Waals surface area contributed by atoms with Crippen LogP contribution in [0.2, 0.25) is 0 Å². The molecule has 1 aliphatic rings. The number of benzene rings is 3. The first-order chi connectivity index (χ1) is 20.2. The van der Waals surface area contributed by atoms with Crippen LogP contribution in [0.5, 0.6) is 11.5 Å². The van der Waals surface area contributed by atoms with Crippen LogP contribution in [-0.2, 0) is 20.9 Å². The Balaban J connectivity index is 1.34. The first-order valence-electron chi connectivity index (χ1n) is 12.9. The molecule has 1 amide bonds. The number of hydrazone groups is 1. The predicted molar refractivity (Wildman–Crippen MR) is 181 cm³/mol. The molecule has 0 aliphatic carbocycles. The van der Waals surface area contributed by atoms with Gasteiger partial charge in [0.2, 0.25) is 0 Å². The van der Waals surface area contributed by atoms with E-state index < -0.39 is 17.9 Å². The molecule has 0 unspecified atom stereocenters. The molecule has 0 saturated carbocycles. The Hall–Kier alpha value is -3.24. The number of carbonyl (C=O) groups is 2. The first kappa shape index (κ1) is 31.7. The summed E-state index contributed by atoms with van der Waals surface area (Å²) in [6, 6.07) is 20.3. The Morgan fingerprint density at radius 3 is 2.55 bits per heavy atom. The zero-order valence-electron chi connectivity index (χ0n) is 22.8. The molecular weight excluding hydrogens is 782 g/mol. The van der Waals surface area contributed by atoms with Crippen LogP contribution >= 0.6 is 57.4 Å². The molecule has 9 nitrogen and oxygen atoms in total.